The molecule has 0 fully saturated rings. The minimum absolute atomic E-state index is 0.145. The number of carbonyl (C=O) groups excluding carboxylic acids is 1. The van der Waals surface area contributed by atoms with E-state index in [4.69, 9.17) is 8.92 Å². The van der Waals surface area contributed by atoms with Gasteiger partial charge in [-0.25, -0.2) is 0 Å². The van der Waals surface area contributed by atoms with E-state index in [-0.39, 0.29) is 6.17 Å². The average Bonchev–Trinajstić information content (AvgIpc) is 2.92. The summed E-state index contributed by atoms with van der Waals surface area (Å²) < 4.78 is 33.6. The van der Waals surface area contributed by atoms with Crippen molar-refractivity contribution in [3.8, 4) is 5.75 Å². The zero-order chi connectivity index (χ0) is 20.0. The first-order valence-electron chi connectivity index (χ1n) is 8.38. The van der Waals surface area contributed by atoms with Crippen LogP contribution in [0.2, 0.25) is 0 Å². The first-order chi connectivity index (χ1) is 12.8. The normalized spacial score (nSPS) is 16.1. The van der Waals surface area contributed by atoms with Crippen LogP contribution in [0.15, 0.2) is 37.4 Å². The van der Waals surface area contributed by atoms with Crippen LogP contribution in [0.4, 0.5) is 5.69 Å². The van der Waals surface area contributed by atoms with Crippen molar-refractivity contribution in [2.75, 3.05) is 31.8 Å². The van der Waals surface area contributed by atoms with Crippen LogP contribution in [-0.2, 0) is 25.5 Å². The summed E-state index contributed by atoms with van der Waals surface area (Å²) in [6.45, 7) is 8.54. The summed E-state index contributed by atoms with van der Waals surface area (Å²) in [6, 6.07) is 3.53. The third-order valence-electron chi connectivity index (χ3n) is 3.98. The Kier molecular flexibility index (Phi) is 7.14. The molecule has 0 bridgehead atoms. The Bertz CT molecular complexity index is 811. The highest BCUT2D eigenvalue weighted by atomic mass is 32.2. The molecule has 0 aliphatic carbocycles. The fraction of sp³-hybridized carbons (Fsp3) is 0.389. The first kappa shape index (κ1) is 21.1. The summed E-state index contributed by atoms with van der Waals surface area (Å²) >= 11 is 0. The van der Waals surface area contributed by atoms with Crippen LogP contribution in [0, 0.1) is 0 Å². The van der Waals surface area contributed by atoms with Crippen molar-refractivity contribution in [3.63, 3.8) is 0 Å². The highest BCUT2D eigenvalue weighted by Crippen LogP contribution is 2.43. The number of carbonyl (C=O) groups is 1. The minimum Gasteiger partial charge on any atom is -0.495 e. The molecule has 0 spiro atoms. The number of fused-ring (bicyclic) bond motifs is 1. The number of ether oxygens (including phenoxy) is 1. The highest BCUT2D eigenvalue weighted by Gasteiger charge is 2.38. The Labute approximate surface area is 159 Å². The SMILES string of the molecule is C=CCNC(Cc1ccc(OC)c2c1C(OS(C)(=O)=O)C(=O)N2)NCC=C. The molecule has 1 aliphatic rings. The van der Waals surface area contributed by atoms with Gasteiger partial charge in [-0.3, -0.25) is 19.6 Å². The van der Waals surface area contributed by atoms with Crippen LogP contribution in [-0.4, -0.2) is 46.9 Å². The topological polar surface area (TPSA) is 106 Å². The number of nitrogens with one attached hydrogen (secondary N) is 3. The maximum absolute atomic E-state index is 12.3. The quantitative estimate of drug-likeness (QED) is 0.292. The van der Waals surface area contributed by atoms with E-state index >= 15 is 0 Å². The highest BCUT2D eigenvalue weighted by molar-refractivity contribution is 7.86. The van der Waals surface area contributed by atoms with Gasteiger partial charge < -0.3 is 10.1 Å². The molecule has 3 N–H and O–H groups in total. The van der Waals surface area contributed by atoms with Crippen molar-refractivity contribution < 1.29 is 22.1 Å². The molecule has 1 amide bonds. The van der Waals surface area contributed by atoms with E-state index in [0.29, 0.717) is 36.5 Å². The summed E-state index contributed by atoms with van der Waals surface area (Å²) in [5, 5.41) is 9.21. The van der Waals surface area contributed by atoms with Crippen molar-refractivity contribution in [1.82, 2.24) is 10.6 Å². The number of hydrogen-bond acceptors (Lipinski definition) is 7. The lowest BCUT2D eigenvalue weighted by molar-refractivity contribution is -0.122. The van der Waals surface area contributed by atoms with E-state index in [2.05, 4.69) is 29.1 Å². The molecule has 0 saturated heterocycles. The predicted octanol–water partition coefficient (Wildman–Crippen LogP) is 1.08. The van der Waals surface area contributed by atoms with Crippen molar-refractivity contribution in [2.24, 2.45) is 0 Å². The molecule has 8 nitrogen and oxygen atoms in total. The lowest BCUT2D eigenvalue weighted by atomic mass is 9.98. The van der Waals surface area contributed by atoms with E-state index in [1.165, 1.54) is 7.11 Å². The monoisotopic (exact) mass is 395 g/mol. The summed E-state index contributed by atoms with van der Waals surface area (Å²) in [5.74, 6) is -0.104. The van der Waals surface area contributed by atoms with Crippen molar-refractivity contribution >= 4 is 21.7 Å². The van der Waals surface area contributed by atoms with Crippen LogP contribution in [0.3, 0.4) is 0 Å². The average molecular weight is 395 g/mol. The lowest BCUT2D eigenvalue weighted by Gasteiger charge is -2.22. The van der Waals surface area contributed by atoms with Crippen LogP contribution < -0.4 is 20.7 Å². The third kappa shape index (κ3) is 5.39. The summed E-state index contributed by atoms with van der Waals surface area (Å²) in [5.41, 5.74) is 1.66. The molecule has 1 unspecified atom stereocenters. The molecule has 1 aromatic carbocycles. The van der Waals surface area contributed by atoms with Crippen molar-refractivity contribution in [2.45, 2.75) is 18.7 Å². The van der Waals surface area contributed by atoms with Crippen LogP contribution >= 0.6 is 0 Å². The van der Waals surface area contributed by atoms with E-state index in [1.54, 1.807) is 24.3 Å². The number of anilines is 1. The smallest absolute Gasteiger partial charge is 0.265 e. The van der Waals surface area contributed by atoms with Crippen LogP contribution in [0.25, 0.3) is 0 Å². The Hall–Kier alpha value is -2.20. The zero-order valence-corrected chi connectivity index (χ0v) is 16.3. The second-order valence-corrected chi connectivity index (χ2v) is 7.64. The molecule has 27 heavy (non-hydrogen) atoms. The van der Waals surface area contributed by atoms with E-state index in [1.807, 2.05) is 0 Å². The Morgan fingerprint density at radius 1 is 1.26 bits per heavy atom. The van der Waals surface area contributed by atoms with Gasteiger partial charge in [-0.05, 0) is 11.6 Å². The van der Waals surface area contributed by atoms with Crippen LogP contribution in [0.1, 0.15) is 17.2 Å². The van der Waals surface area contributed by atoms with E-state index in [9.17, 15) is 13.2 Å². The molecule has 1 aliphatic heterocycles. The third-order valence-corrected chi connectivity index (χ3v) is 4.52. The molecular formula is C18H25N3O5S. The van der Waals surface area contributed by atoms with Gasteiger partial charge in [-0.1, -0.05) is 18.2 Å². The minimum atomic E-state index is -3.84. The number of methoxy groups -OCH3 is 1. The number of hydrogen-bond donors (Lipinski definition) is 3. The summed E-state index contributed by atoms with van der Waals surface area (Å²) in [7, 11) is -2.36. The fourth-order valence-electron chi connectivity index (χ4n) is 2.89. The second kappa shape index (κ2) is 9.14. The first-order valence-corrected chi connectivity index (χ1v) is 10.2. The lowest BCUT2D eigenvalue weighted by Crippen LogP contribution is -2.44. The predicted molar refractivity (Wildman–Crippen MR) is 104 cm³/mol. The Morgan fingerprint density at radius 3 is 2.41 bits per heavy atom. The molecule has 1 aromatic rings. The molecule has 9 heteroatoms. The van der Waals surface area contributed by atoms with Gasteiger partial charge in [0.2, 0.25) is 0 Å². The standard InChI is InChI=1S/C18H25N3O5S/c1-5-9-19-14(20-10-6-2)11-12-7-8-13(25-3)16-15(12)17(18(22)21-16)26-27(4,23)24/h5-8,14,17,19-20H,1-2,9-11H2,3-4H3,(H,21,22). The molecule has 0 aromatic heterocycles. The molecule has 1 atom stereocenters. The van der Waals surface area contributed by atoms with Gasteiger partial charge in [0.25, 0.3) is 16.0 Å². The summed E-state index contributed by atoms with van der Waals surface area (Å²) in [4.78, 5) is 12.3. The van der Waals surface area contributed by atoms with E-state index in [0.717, 1.165) is 11.8 Å². The van der Waals surface area contributed by atoms with Gasteiger partial charge in [-0.15, -0.1) is 13.2 Å². The summed E-state index contributed by atoms with van der Waals surface area (Å²) in [6.07, 6.45) is 3.47. The zero-order valence-electron chi connectivity index (χ0n) is 15.4. The van der Waals surface area contributed by atoms with E-state index < -0.39 is 22.1 Å². The largest absolute Gasteiger partial charge is 0.495 e. The second-order valence-electron chi connectivity index (χ2n) is 6.04. The molecule has 1 heterocycles. The van der Waals surface area contributed by atoms with Gasteiger partial charge >= 0.3 is 0 Å². The van der Waals surface area contributed by atoms with Crippen LogP contribution in [0.5, 0.6) is 5.75 Å². The molecule has 148 valence electrons. The van der Waals surface area contributed by atoms with Crippen molar-refractivity contribution in [1.29, 1.82) is 0 Å². The Balaban J connectivity index is 2.42. The molecule has 0 saturated carbocycles. The molecule has 0 radical (unpaired) electrons. The number of amides is 1. The van der Waals surface area contributed by atoms with Crippen molar-refractivity contribution in [3.05, 3.63) is 48.6 Å². The Morgan fingerprint density at radius 2 is 1.89 bits per heavy atom. The van der Waals surface area contributed by atoms with Gasteiger partial charge in [0.1, 0.15) is 5.75 Å². The van der Waals surface area contributed by atoms with Gasteiger partial charge in [0, 0.05) is 25.1 Å². The van der Waals surface area contributed by atoms with Gasteiger partial charge in [-0.2, -0.15) is 8.42 Å². The maximum atomic E-state index is 12.3. The number of benzene rings is 1. The molecular weight excluding hydrogens is 370 g/mol. The molecule has 2 rings (SSSR count). The fourth-order valence-corrected chi connectivity index (χ4v) is 3.43. The van der Waals surface area contributed by atoms with Gasteiger partial charge in [0.05, 0.1) is 25.2 Å². The number of rotatable bonds is 11. The van der Waals surface area contributed by atoms with Gasteiger partial charge in [0.15, 0.2) is 6.10 Å². The maximum Gasteiger partial charge on any atom is 0.265 e.